The molecule has 0 saturated carbocycles. The molecule has 0 aliphatic heterocycles. The third-order valence-corrected chi connectivity index (χ3v) is 2.83. The number of amides is 1. The van der Waals surface area contributed by atoms with Gasteiger partial charge in [0.25, 0.3) is 5.91 Å². The van der Waals surface area contributed by atoms with E-state index >= 15 is 0 Å². The van der Waals surface area contributed by atoms with Crippen LogP contribution in [0.2, 0.25) is 5.02 Å². The largest absolute Gasteiger partial charge is 0.319 e. The topological polar surface area (TPSA) is 52.9 Å². The standard InChI is InChI=1S/C14H7ClF2N2O/c15-10-3-1-2-9(13(10)17)14(20)19-12-5-4-8(7-18)6-11(12)16/h1-6H,(H,19,20). The molecule has 0 aromatic heterocycles. The molecule has 0 saturated heterocycles. The molecule has 0 atom stereocenters. The maximum Gasteiger partial charge on any atom is 0.258 e. The van der Waals surface area contributed by atoms with Crippen molar-refractivity contribution in [3.05, 3.63) is 64.2 Å². The zero-order chi connectivity index (χ0) is 14.7. The lowest BCUT2D eigenvalue weighted by Crippen LogP contribution is -2.15. The van der Waals surface area contributed by atoms with Crippen LogP contribution >= 0.6 is 11.6 Å². The predicted octanol–water partition coefficient (Wildman–Crippen LogP) is 3.74. The summed E-state index contributed by atoms with van der Waals surface area (Å²) in [7, 11) is 0. The average molecular weight is 293 g/mol. The van der Waals surface area contributed by atoms with E-state index in [1.54, 1.807) is 6.07 Å². The van der Waals surface area contributed by atoms with Gasteiger partial charge >= 0.3 is 0 Å². The molecule has 0 unspecified atom stereocenters. The van der Waals surface area contributed by atoms with Crippen molar-refractivity contribution in [3.8, 4) is 6.07 Å². The van der Waals surface area contributed by atoms with Crippen LogP contribution in [0.3, 0.4) is 0 Å². The highest BCUT2D eigenvalue weighted by atomic mass is 35.5. The first-order chi connectivity index (χ1) is 9.52. The SMILES string of the molecule is N#Cc1ccc(NC(=O)c2cccc(Cl)c2F)c(F)c1. The van der Waals surface area contributed by atoms with E-state index in [0.29, 0.717) is 0 Å². The Balaban J connectivity index is 2.29. The molecule has 2 aromatic carbocycles. The molecule has 0 aliphatic rings. The van der Waals surface area contributed by atoms with E-state index < -0.39 is 17.5 Å². The number of anilines is 1. The Labute approximate surface area is 118 Å². The van der Waals surface area contributed by atoms with E-state index in [4.69, 9.17) is 16.9 Å². The van der Waals surface area contributed by atoms with Crippen LogP contribution in [0.1, 0.15) is 15.9 Å². The first-order valence-electron chi connectivity index (χ1n) is 5.48. The zero-order valence-electron chi connectivity index (χ0n) is 9.95. The smallest absolute Gasteiger partial charge is 0.258 e. The lowest BCUT2D eigenvalue weighted by molar-refractivity contribution is 0.102. The van der Waals surface area contributed by atoms with Crippen molar-refractivity contribution < 1.29 is 13.6 Å². The number of benzene rings is 2. The minimum Gasteiger partial charge on any atom is -0.319 e. The van der Waals surface area contributed by atoms with E-state index in [0.717, 1.165) is 6.07 Å². The number of nitriles is 1. The van der Waals surface area contributed by atoms with Crippen molar-refractivity contribution in [2.24, 2.45) is 0 Å². The Morgan fingerprint density at radius 1 is 1.25 bits per heavy atom. The van der Waals surface area contributed by atoms with E-state index in [1.165, 1.54) is 30.3 Å². The van der Waals surface area contributed by atoms with Gasteiger partial charge in [-0.15, -0.1) is 0 Å². The van der Waals surface area contributed by atoms with Gasteiger partial charge in [-0.3, -0.25) is 4.79 Å². The molecule has 3 nitrogen and oxygen atoms in total. The van der Waals surface area contributed by atoms with Crippen LogP contribution in [-0.2, 0) is 0 Å². The number of carbonyl (C=O) groups is 1. The van der Waals surface area contributed by atoms with Crippen LogP contribution in [0.5, 0.6) is 0 Å². The quantitative estimate of drug-likeness (QED) is 0.916. The zero-order valence-corrected chi connectivity index (χ0v) is 10.7. The van der Waals surface area contributed by atoms with Gasteiger partial charge in [0.1, 0.15) is 5.82 Å². The Hall–Kier alpha value is -2.45. The molecule has 1 amide bonds. The van der Waals surface area contributed by atoms with Gasteiger partial charge < -0.3 is 5.32 Å². The lowest BCUT2D eigenvalue weighted by Gasteiger charge is -2.08. The number of nitrogens with zero attached hydrogens (tertiary/aromatic N) is 1. The predicted molar refractivity (Wildman–Crippen MR) is 70.5 cm³/mol. The molecule has 0 aliphatic carbocycles. The third kappa shape index (κ3) is 2.76. The highest BCUT2D eigenvalue weighted by Crippen LogP contribution is 2.20. The van der Waals surface area contributed by atoms with Crippen LogP contribution in [-0.4, -0.2) is 5.91 Å². The molecule has 20 heavy (non-hydrogen) atoms. The molecule has 2 rings (SSSR count). The normalized spacial score (nSPS) is 9.90. The molecule has 100 valence electrons. The molecule has 2 aromatic rings. The minimum absolute atomic E-state index is 0.120. The summed E-state index contributed by atoms with van der Waals surface area (Å²) in [5.74, 6) is -2.48. The van der Waals surface area contributed by atoms with Gasteiger partial charge in [-0.05, 0) is 30.3 Å². The summed E-state index contributed by atoms with van der Waals surface area (Å²) >= 11 is 5.57. The van der Waals surface area contributed by atoms with Crippen molar-refractivity contribution >= 4 is 23.2 Å². The van der Waals surface area contributed by atoms with Gasteiger partial charge in [0.15, 0.2) is 5.82 Å². The van der Waals surface area contributed by atoms with E-state index in [1.807, 2.05) is 0 Å². The fourth-order valence-electron chi connectivity index (χ4n) is 1.55. The van der Waals surface area contributed by atoms with E-state index in [2.05, 4.69) is 5.32 Å². The Morgan fingerprint density at radius 3 is 2.65 bits per heavy atom. The minimum atomic E-state index is -0.874. The van der Waals surface area contributed by atoms with Crippen LogP contribution < -0.4 is 5.32 Å². The monoisotopic (exact) mass is 292 g/mol. The van der Waals surface area contributed by atoms with E-state index in [-0.39, 0.29) is 21.8 Å². The Morgan fingerprint density at radius 2 is 2.00 bits per heavy atom. The van der Waals surface area contributed by atoms with Crippen molar-refractivity contribution in [2.75, 3.05) is 5.32 Å². The molecule has 0 fully saturated rings. The summed E-state index contributed by atoms with van der Waals surface area (Å²) in [5, 5.41) is 10.6. The van der Waals surface area contributed by atoms with Crippen molar-refractivity contribution in [1.29, 1.82) is 5.26 Å². The van der Waals surface area contributed by atoms with Crippen LogP contribution in [0.15, 0.2) is 36.4 Å². The fourth-order valence-corrected chi connectivity index (χ4v) is 1.73. The summed E-state index contributed by atoms with van der Waals surface area (Å²) in [5.41, 5.74) is -0.316. The molecule has 0 radical (unpaired) electrons. The average Bonchev–Trinajstić information content (AvgIpc) is 2.44. The fraction of sp³-hybridized carbons (Fsp3) is 0. The number of nitrogens with one attached hydrogen (secondary N) is 1. The summed E-state index contributed by atoms with van der Waals surface area (Å²) in [4.78, 5) is 11.9. The number of rotatable bonds is 2. The number of hydrogen-bond donors (Lipinski definition) is 1. The highest BCUT2D eigenvalue weighted by Gasteiger charge is 2.15. The molecular formula is C14H7ClF2N2O. The summed E-state index contributed by atoms with van der Waals surface area (Å²) in [6.45, 7) is 0. The van der Waals surface area contributed by atoms with Gasteiger partial charge in [0.2, 0.25) is 0 Å². The number of hydrogen-bond acceptors (Lipinski definition) is 2. The molecular weight excluding hydrogens is 286 g/mol. The Bertz CT molecular complexity index is 726. The molecule has 0 bridgehead atoms. The maximum atomic E-state index is 13.6. The number of carbonyl (C=O) groups excluding carboxylic acids is 1. The summed E-state index contributed by atoms with van der Waals surface area (Å²) in [6, 6.07) is 9.26. The summed E-state index contributed by atoms with van der Waals surface area (Å²) < 4.78 is 27.3. The van der Waals surface area contributed by atoms with Gasteiger partial charge in [0.05, 0.1) is 27.9 Å². The Kier molecular flexibility index (Phi) is 3.97. The number of halogens is 3. The van der Waals surface area contributed by atoms with Gasteiger partial charge in [-0.2, -0.15) is 5.26 Å². The third-order valence-electron chi connectivity index (χ3n) is 2.54. The van der Waals surface area contributed by atoms with Gasteiger partial charge in [0, 0.05) is 0 Å². The summed E-state index contributed by atoms with van der Waals surface area (Å²) in [6.07, 6.45) is 0. The lowest BCUT2D eigenvalue weighted by atomic mass is 10.1. The second-order valence-corrected chi connectivity index (χ2v) is 4.27. The van der Waals surface area contributed by atoms with Gasteiger partial charge in [-0.25, -0.2) is 8.78 Å². The van der Waals surface area contributed by atoms with Crippen molar-refractivity contribution in [2.45, 2.75) is 0 Å². The first-order valence-corrected chi connectivity index (χ1v) is 5.85. The first kappa shape index (κ1) is 14.0. The van der Waals surface area contributed by atoms with Crippen molar-refractivity contribution in [3.63, 3.8) is 0 Å². The second kappa shape index (κ2) is 5.68. The van der Waals surface area contributed by atoms with Crippen LogP contribution in [0.4, 0.5) is 14.5 Å². The highest BCUT2D eigenvalue weighted by molar-refractivity contribution is 6.31. The molecule has 0 heterocycles. The van der Waals surface area contributed by atoms with Crippen LogP contribution in [0.25, 0.3) is 0 Å². The molecule has 1 N–H and O–H groups in total. The van der Waals surface area contributed by atoms with Crippen LogP contribution in [0, 0.1) is 23.0 Å². The second-order valence-electron chi connectivity index (χ2n) is 3.86. The van der Waals surface area contributed by atoms with Gasteiger partial charge in [-0.1, -0.05) is 17.7 Å². The maximum absolute atomic E-state index is 13.6. The molecule has 6 heteroatoms. The van der Waals surface area contributed by atoms with Crippen molar-refractivity contribution in [1.82, 2.24) is 0 Å². The molecule has 0 spiro atoms. The van der Waals surface area contributed by atoms with E-state index in [9.17, 15) is 13.6 Å².